The van der Waals surface area contributed by atoms with E-state index in [4.69, 9.17) is 0 Å². The molecule has 2 N–H and O–H groups in total. The van der Waals surface area contributed by atoms with Gasteiger partial charge in [0.1, 0.15) is 0 Å². The lowest BCUT2D eigenvalue weighted by molar-refractivity contribution is -0.140. The number of carbonyl (C=O) groups is 2. The van der Waals surface area contributed by atoms with Gasteiger partial charge in [-0.3, -0.25) is 9.59 Å². The minimum Gasteiger partial charge on any atom is -0.361 e. The molecule has 1 aromatic heterocycles. The maximum Gasteiger partial charge on any atom is 0.225 e. The molecule has 0 unspecified atom stereocenters. The Kier molecular flexibility index (Phi) is 4.47. The zero-order valence-corrected chi connectivity index (χ0v) is 14.5. The molecule has 25 heavy (non-hydrogen) atoms. The van der Waals surface area contributed by atoms with Crippen molar-refractivity contribution in [2.45, 2.75) is 51.1 Å². The number of aromatic amines is 1. The van der Waals surface area contributed by atoms with Crippen molar-refractivity contribution in [3.63, 3.8) is 0 Å². The smallest absolute Gasteiger partial charge is 0.225 e. The van der Waals surface area contributed by atoms with Crippen LogP contribution in [0, 0.1) is 5.92 Å². The Morgan fingerprint density at radius 1 is 1.20 bits per heavy atom. The van der Waals surface area contributed by atoms with Crippen molar-refractivity contribution in [1.82, 2.24) is 15.2 Å². The zero-order chi connectivity index (χ0) is 17.2. The molecule has 1 saturated heterocycles. The Morgan fingerprint density at radius 3 is 2.88 bits per heavy atom. The molecule has 2 fully saturated rings. The lowest BCUT2D eigenvalue weighted by Crippen LogP contribution is -2.49. The molecule has 2 aliphatic rings. The number of H-pyrrole nitrogens is 1. The van der Waals surface area contributed by atoms with Crippen LogP contribution >= 0.6 is 0 Å². The summed E-state index contributed by atoms with van der Waals surface area (Å²) in [5.74, 6) is 0.222. The average molecular weight is 339 g/mol. The molecule has 1 atom stereocenters. The molecule has 1 aliphatic carbocycles. The highest BCUT2D eigenvalue weighted by molar-refractivity contribution is 5.85. The van der Waals surface area contributed by atoms with Crippen molar-refractivity contribution in [3.05, 3.63) is 36.0 Å². The van der Waals surface area contributed by atoms with E-state index in [9.17, 15) is 9.59 Å². The lowest BCUT2D eigenvalue weighted by atomic mass is 9.94. The van der Waals surface area contributed by atoms with Crippen LogP contribution in [0.2, 0.25) is 0 Å². The van der Waals surface area contributed by atoms with Gasteiger partial charge in [0.25, 0.3) is 0 Å². The number of amides is 2. The quantitative estimate of drug-likeness (QED) is 0.899. The maximum atomic E-state index is 12.7. The summed E-state index contributed by atoms with van der Waals surface area (Å²) in [6.07, 6.45) is 7.68. The number of nitrogens with zero attached hydrogens (tertiary/aromatic N) is 1. The van der Waals surface area contributed by atoms with Crippen LogP contribution in [-0.4, -0.2) is 34.3 Å². The fourth-order valence-electron chi connectivity index (χ4n) is 4.29. The normalized spacial score (nSPS) is 21.8. The molecule has 5 nitrogen and oxygen atoms in total. The van der Waals surface area contributed by atoms with E-state index in [0.29, 0.717) is 32.0 Å². The van der Waals surface area contributed by atoms with E-state index in [1.807, 2.05) is 35.4 Å². The van der Waals surface area contributed by atoms with E-state index in [-0.39, 0.29) is 17.7 Å². The summed E-state index contributed by atoms with van der Waals surface area (Å²) in [6.45, 7) is 1.12. The van der Waals surface area contributed by atoms with Gasteiger partial charge in [0.15, 0.2) is 0 Å². The predicted octanol–water partition coefficient (Wildman–Crippen LogP) is 2.97. The van der Waals surface area contributed by atoms with Crippen LogP contribution < -0.4 is 5.32 Å². The molecule has 1 aromatic carbocycles. The van der Waals surface area contributed by atoms with E-state index < -0.39 is 0 Å². The number of fused-ring (bicyclic) bond motifs is 1. The highest BCUT2D eigenvalue weighted by atomic mass is 16.2. The van der Waals surface area contributed by atoms with Crippen LogP contribution in [0.25, 0.3) is 10.9 Å². The summed E-state index contributed by atoms with van der Waals surface area (Å²) in [5.41, 5.74) is 2.20. The van der Waals surface area contributed by atoms with Crippen molar-refractivity contribution in [2.75, 3.05) is 6.54 Å². The molecule has 5 heteroatoms. The summed E-state index contributed by atoms with van der Waals surface area (Å²) < 4.78 is 0. The van der Waals surface area contributed by atoms with Crippen molar-refractivity contribution in [2.24, 2.45) is 5.92 Å². The largest absolute Gasteiger partial charge is 0.361 e. The van der Waals surface area contributed by atoms with Crippen LogP contribution in [-0.2, 0) is 16.1 Å². The zero-order valence-electron chi connectivity index (χ0n) is 14.5. The Hall–Kier alpha value is -2.30. The van der Waals surface area contributed by atoms with Gasteiger partial charge in [-0.25, -0.2) is 0 Å². The summed E-state index contributed by atoms with van der Waals surface area (Å²) in [6, 6.07) is 8.48. The Labute approximate surface area is 147 Å². The van der Waals surface area contributed by atoms with Crippen molar-refractivity contribution in [3.8, 4) is 0 Å². The Balaban J connectivity index is 1.39. The Morgan fingerprint density at radius 2 is 2.04 bits per heavy atom. The SMILES string of the molecule is O=C(NCc1cccc2[nH]ccc12)[C@@H]1CCC(=O)N(C2CCCC2)C1. The number of rotatable bonds is 4. The molecule has 1 saturated carbocycles. The Bertz CT molecular complexity index is 776. The topological polar surface area (TPSA) is 65.2 Å². The third-order valence-electron chi connectivity index (χ3n) is 5.72. The number of hydrogen-bond acceptors (Lipinski definition) is 2. The molecule has 4 rings (SSSR count). The number of hydrogen-bond donors (Lipinski definition) is 2. The van der Waals surface area contributed by atoms with Crippen LogP contribution in [0.3, 0.4) is 0 Å². The van der Waals surface area contributed by atoms with Gasteiger partial charge in [-0.2, -0.15) is 0 Å². The van der Waals surface area contributed by atoms with Gasteiger partial charge in [0.05, 0.1) is 5.92 Å². The minimum absolute atomic E-state index is 0.0723. The number of likely N-dealkylation sites (tertiary alicyclic amines) is 1. The maximum absolute atomic E-state index is 12.7. The number of benzene rings is 1. The van der Waals surface area contributed by atoms with Crippen LogP contribution in [0.15, 0.2) is 30.5 Å². The molecule has 0 spiro atoms. The standard InChI is InChI=1S/C20H25N3O2/c24-19-9-8-15(13-23(19)16-5-1-2-6-16)20(25)22-12-14-4-3-7-18-17(14)10-11-21-18/h3-4,7,10-11,15-16,21H,1-2,5-6,8-9,12-13H2,(H,22,25)/t15-/m1/s1. The van der Waals surface area contributed by atoms with Crippen molar-refractivity contribution < 1.29 is 9.59 Å². The highest BCUT2D eigenvalue weighted by Gasteiger charge is 2.35. The van der Waals surface area contributed by atoms with Crippen LogP contribution in [0.5, 0.6) is 0 Å². The van der Waals surface area contributed by atoms with Gasteiger partial charge < -0.3 is 15.2 Å². The second kappa shape index (κ2) is 6.90. The van der Waals surface area contributed by atoms with Gasteiger partial charge in [-0.15, -0.1) is 0 Å². The van der Waals surface area contributed by atoms with E-state index >= 15 is 0 Å². The van der Waals surface area contributed by atoms with E-state index in [2.05, 4.69) is 10.3 Å². The first kappa shape index (κ1) is 16.2. The first-order chi connectivity index (χ1) is 12.2. The molecule has 0 radical (unpaired) electrons. The first-order valence-electron chi connectivity index (χ1n) is 9.34. The summed E-state index contributed by atoms with van der Waals surface area (Å²) in [4.78, 5) is 30.1. The van der Waals surface area contributed by atoms with E-state index in [0.717, 1.165) is 29.3 Å². The molecule has 132 valence electrons. The van der Waals surface area contributed by atoms with Gasteiger partial charge >= 0.3 is 0 Å². The fourth-order valence-corrected chi connectivity index (χ4v) is 4.29. The number of aromatic nitrogens is 1. The number of carbonyl (C=O) groups excluding carboxylic acids is 2. The van der Waals surface area contributed by atoms with Crippen molar-refractivity contribution >= 4 is 22.7 Å². The summed E-state index contributed by atoms with van der Waals surface area (Å²) in [7, 11) is 0. The lowest BCUT2D eigenvalue weighted by Gasteiger charge is -2.36. The summed E-state index contributed by atoms with van der Waals surface area (Å²) in [5, 5.41) is 4.23. The minimum atomic E-state index is -0.0799. The molecule has 2 aromatic rings. The van der Waals surface area contributed by atoms with E-state index in [1.54, 1.807) is 0 Å². The van der Waals surface area contributed by atoms with Crippen molar-refractivity contribution in [1.29, 1.82) is 0 Å². The monoisotopic (exact) mass is 339 g/mol. The van der Waals surface area contributed by atoms with Crippen LogP contribution in [0.4, 0.5) is 0 Å². The van der Waals surface area contributed by atoms with Gasteiger partial charge in [0.2, 0.25) is 11.8 Å². The molecular formula is C20H25N3O2. The second-order valence-corrected chi connectivity index (χ2v) is 7.29. The molecule has 0 bridgehead atoms. The average Bonchev–Trinajstić information content (AvgIpc) is 3.31. The molecule has 2 heterocycles. The van der Waals surface area contributed by atoms with Gasteiger partial charge in [0, 0.05) is 42.7 Å². The highest BCUT2D eigenvalue weighted by Crippen LogP contribution is 2.28. The second-order valence-electron chi connectivity index (χ2n) is 7.29. The molecule has 2 amide bonds. The third-order valence-corrected chi connectivity index (χ3v) is 5.72. The first-order valence-corrected chi connectivity index (χ1v) is 9.34. The van der Waals surface area contributed by atoms with E-state index in [1.165, 1.54) is 12.8 Å². The van der Waals surface area contributed by atoms with Crippen LogP contribution in [0.1, 0.15) is 44.1 Å². The molecule has 1 aliphatic heterocycles. The summed E-state index contributed by atoms with van der Waals surface area (Å²) >= 11 is 0. The third kappa shape index (κ3) is 3.28. The number of piperidine rings is 1. The van der Waals surface area contributed by atoms with Gasteiger partial charge in [-0.05, 0) is 37.0 Å². The number of nitrogens with one attached hydrogen (secondary N) is 2. The van der Waals surface area contributed by atoms with Gasteiger partial charge in [-0.1, -0.05) is 25.0 Å². The predicted molar refractivity (Wildman–Crippen MR) is 96.8 cm³/mol. The molecular weight excluding hydrogens is 314 g/mol. The fraction of sp³-hybridized carbons (Fsp3) is 0.500.